The van der Waals surface area contributed by atoms with Crippen molar-refractivity contribution >= 4 is 47.0 Å². The van der Waals surface area contributed by atoms with E-state index in [0.717, 1.165) is 10.5 Å². The number of carbonyl (C=O) groups excluding carboxylic acids is 2. The monoisotopic (exact) mass is 414 g/mol. The highest BCUT2D eigenvalue weighted by Gasteiger charge is 2.17. The molecule has 0 atom stereocenters. The molecule has 2 rings (SSSR count). The van der Waals surface area contributed by atoms with E-state index in [2.05, 4.69) is 0 Å². The molecule has 2 aromatic carbocycles. The van der Waals surface area contributed by atoms with Gasteiger partial charge in [0.1, 0.15) is 0 Å². The van der Waals surface area contributed by atoms with E-state index < -0.39 is 18.5 Å². The number of carbonyl (C=O) groups is 2. The van der Waals surface area contributed by atoms with Gasteiger partial charge < -0.3 is 9.64 Å². The number of amides is 1. The van der Waals surface area contributed by atoms with Gasteiger partial charge >= 0.3 is 5.97 Å². The van der Waals surface area contributed by atoms with Gasteiger partial charge in [0.05, 0.1) is 12.5 Å². The fourth-order valence-electron chi connectivity index (χ4n) is 2.34. The first kappa shape index (κ1) is 21.5. The molecule has 0 spiro atoms. The number of hydrogen-bond acceptors (Lipinski definition) is 5. The summed E-state index contributed by atoms with van der Waals surface area (Å²) < 4.78 is 5.05. The lowest BCUT2D eigenvalue weighted by Gasteiger charge is -2.21. The molecule has 0 aliphatic heterocycles. The van der Waals surface area contributed by atoms with E-state index in [1.807, 2.05) is 36.6 Å². The first-order valence-electron chi connectivity index (χ1n) is 8.45. The summed E-state index contributed by atoms with van der Waals surface area (Å²) in [4.78, 5) is 26.9. The minimum Gasteiger partial charge on any atom is -0.452 e. The van der Waals surface area contributed by atoms with Crippen LogP contribution in [0.3, 0.4) is 0 Å². The number of rotatable bonds is 8. The Morgan fingerprint density at radius 1 is 1.25 bits per heavy atom. The fraction of sp³-hybridized carbons (Fsp3) is 0.190. The smallest absolute Gasteiger partial charge is 0.331 e. The van der Waals surface area contributed by atoms with Crippen LogP contribution in [0.1, 0.15) is 12.0 Å². The third-order valence-electron chi connectivity index (χ3n) is 3.73. The van der Waals surface area contributed by atoms with E-state index in [0.29, 0.717) is 10.7 Å². The minimum atomic E-state index is -0.617. The number of thioether (sulfide) groups is 1. The van der Waals surface area contributed by atoms with Gasteiger partial charge in [-0.25, -0.2) is 4.79 Å². The van der Waals surface area contributed by atoms with Gasteiger partial charge in [-0.15, -0.1) is 11.8 Å². The zero-order valence-electron chi connectivity index (χ0n) is 15.3. The molecule has 0 heterocycles. The Balaban J connectivity index is 1.95. The van der Waals surface area contributed by atoms with Crippen molar-refractivity contribution in [3.05, 3.63) is 65.2 Å². The lowest BCUT2D eigenvalue weighted by molar-refractivity contribution is -0.142. The maximum atomic E-state index is 12.5. The third-order valence-corrected chi connectivity index (χ3v) is 4.71. The molecule has 0 N–H and O–H groups in total. The Labute approximate surface area is 173 Å². The minimum absolute atomic E-state index is 0.151. The predicted molar refractivity (Wildman–Crippen MR) is 112 cm³/mol. The molecule has 2 aromatic rings. The van der Waals surface area contributed by atoms with E-state index in [1.165, 1.54) is 11.0 Å². The molecule has 0 bridgehead atoms. The summed E-state index contributed by atoms with van der Waals surface area (Å²) in [6, 6.07) is 16.4. The molecule has 144 valence electrons. The molecule has 7 heteroatoms. The molecule has 0 saturated carbocycles. The lowest BCUT2D eigenvalue weighted by Crippen LogP contribution is -2.35. The van der Waals surface area contributed by atoms with E-state index >= 15 is 0 Å². The van der Waals surface area contributed by atoms with E-state index in [1.54, 1.807) is 42.1 Å². The molecule has 0 saturated heterocycles. The first-order chi connectivity index (χ1) is 13.5. The molecular formula is C21H19ClN2O3S. The highest BCUT2D eigenvalue weighted by molar-refractivity contribution is 7.98. The molecule has 1 amide bonds. The second-order valence-corrected chi connectivity index (χ2v) is 6.96. The van der Waals surface area contributed by atoms with Crippen LogP contribution in [0.4, 0.5) is 5.69 Å². The highest BCUT2D eigenvalue weighted by Crippen LogP contribution is 2.20. The van der Waals surface area contributed by atoms with Crippen LogP contribution in [-0.2, 0) is 14.3 Å². The van der Waals surface area contributed by atoms with Gasteiger partial charge in [0.15, 0.2) is 6.61 Å². The van der Waals surface area contributed by atoms with Crippen molar-refractivity contribution in [2.45, 2.75) is 11.3 Å². The predicted octanol–water partition coefficient (Wildman–Crippen LogP) is 4.57. The summed E-state index contributed by atoms with van der Waals surface area (Å²) in [5.74, 6) is -1.04. The van der Waals surface area contributed by atoms with Crippen LogP contribution in [-0.4, -0.2) is 31.3 Å². The highest BCUT2D eigenvalue weighted by atomic mass is 35.5. The summed E-state index contributed by atoms with van der Waals surface area (Å²) in [5, 5.41) is 9.29. The fourth-order valence-corrected chi connectivity index (χ4v) is 2.93. The molecule has 5 nitrogen and oxygen atoms in total. The van der Waals surface area contributed by atoms with Crippen molar-refractivity contribution in [1.82, 2.24) is 0 Å². The number of halogens is 1. The number of esters is 1. The molecule has 28 heavy (non-hydrogen) atoms. The molecule has 0 aromatic heterocycles. The van der Waals surface area contributed by atoms with E-state index in [9.17, 15) is 9.59 Å². The summed E-state index contributed by atoms with van der Waals surface area (Å²) >= 11 is 7.61. The maximum absolute atomic E-state index is 12.5. The van der Waals surface area contributed by atoms with Crippen LogP contribution in [0.25, 0.3) is 6.08 Å². The molecule has 0 aliphatic carbocycles. The zero-order chi connectivity index (χ0) is 20.4. The molecule has 0 radical (unpaired) electrons. The average Bonchev–Trinajstić information content (AvgIpc) is 2.71. The van der Waals surface area contributed by atoms with Gasteiger partial charge in [-0.2, -0.15) is 5.26 Å². The number of anilines is 1. The number of ether oxygens (including phenoxy) is 1. The van der Waals surface area contributed by atoms with Gasteiger partial charge in [-0.1, -0.05) is 29.8 Å². The van der Waals surface area contributed by atoms with Crippen LogP contribution >= 0.6 is 23.4 Å². The SMILES string of the molecule is CSc1ccc(/C=C/C(=O)OCC(=O)N(CCC#N)c2cccc(Cl)c2)cc1. The Morgan fingerprint density at radius 2 is 2.00 bits per heavy atom. The van der Waals surface area contributed by atoms with E-state index in [4.69, 9.17) is 21.6 Å². The molecule has 0 fully saturated rings. The van der Waals surface area contributed by atoms with Crippen LogP contribution in [0, 0.1) is 11.3 Å². The maximum Gasteiger partial charge on any atom is 0.331 e. The second kappa shape index (κ2) is 11.2. The van der Waals surface area contributed by atoms with Gasteiger partial charge in [-0.05, 0) is 48.2 Å². The summed E-state index contributed by atoms with van der Waals surface area (Å²) in [6.45, 7) is -0.239. The number of nitriles is 1. The quantitative estimate of drug-likeness (QED) is 0.359. The Bertz CT molecular complexity index is 891. The van der Waals surface area contributed by atoms with E-state index in [-0.39, 0.29) is 13.0 Å². The van der Waals surface area contributed by atoms with Gasteiger partial charge in [0, 0.05) is 28.2 Å². The summed E-state index contributed by atoms with van der Waals surface area (Å²) in [7, 11) is 0. The van der Waals surface area contributed by atoms with Crippen LogP contribution in [0.15, 0.2) is 59.5 Å². The lowest BCUT2D eigenvalue weighted by atomic mass is 10.2. The van der Waals surface area contributed by atoms with Gasteiger partial charge in [0.2, 0.25) is 0 Å². The number of benzene rings is 2. The van der Waals surface area contributed by atoms with Crippen molar-refractivity contribution in [3.63, 3.8) is 0 Å². The van der Waals surface area contributed by atoms with Crippen LogP contribution in [0.2, 0.25) is 5.02 Å². The largest absolute Gasteiger partial charge is 0.452 e. The topological polar surface area (TPSA) is 70.4 Å². The molecule has 0 unspecified atom stereocenters. The van der Waals surface area contributed by atoms with Crippen molar-refractivity contribution in [2.75, 3.05) is 24.3 Å². The summed E-state index contributed by atoms with van der Waals surface area (Å²) in [5.41, 5.74) is 1.41. The molecule has 0 aliphatic rings. The van der Waals surface area contributed by atoms with Crippen LogP contribution in [0.5, 0.6) is 0 Å². The Kier molecular flexibility index (Phi) is 8.60. The van der Waals surface area contributed by atoms with Crippen molar-refractivity contribution in [2.24, 2.45) is 0 Å². The van der Waals surface area contributed by atoms with Crippen LogP contribution < -0.4 is 4.90 Å². The number of hydrogen-bond donors (Lipinski definition) is 0. The standard InChI is InChI=1S/C21H19ClN2O3S/c1-28-19-9-6-16(7-10-19)8-11-21(26)27-15-20(25)24(13-3-12-23)18-5-2-4-17(22)14-18/h2,4-11,14H,3,13,15H2,1H3/b11-8+. The van der Waals surface area contributed by atoms with Crippen molar-refractivity contribution in [1.29, 1.82) is 5.26 Å². The zero-order valence-corrected chi connectivity index (χ0v) is 16.9. The Morgan fingerprint density at radius 3 is 2.64 bits per heavy atom. The average molecular weight is 415 g/mol. The second-order valence-electron chi connectivity index (χ2n) is 5.65. The van der Waals surface area contributed by atoms with Crippen molar-refractivity contribution < 1.29 is 14.3 Å². The summed E-state index contributed by atoms with van der Waals surface area (Å²) in [6.07, 6.45) is 5.04. The normalized spacial score (nSPS) is 10.5. The third kappa shape index (κ3) is 6.76. The number of nitrogens with zero attached hydrogens (tertiary/aromatic N) is 2. The van der Waals surface area contributed by atoms with Gasteiger partial charge in [0.25, 0.3) is 5.91 Å². The van der Waals surface area contributed by atoms with Crippen molar-refractivity contribution in [3.8, 4) is 6.07 Å². The van der Waals surface area contributed by atoms with Gasteiger partial charge in [-0.3, -0.25) is 4.79 Å². The Hall–Kier alpha value is -2.75. The first-order valence-corrected chi connectivity index (χ1v) is 10.1. The molecular weight excluding hydrogens is 396 g/mol.